The fourth-order valence-corrected chi connectivity index (χ4v) is 3.85. The molecule has 40 heavy (non-hydrogen) atoms. The van der Waals surface area contributed by atoms with Crippen LogP contribution in [0.4, 0.5) is 4.79 Å². The van der Waals surface area contributed by atoms with Gasteiger partial charge in [-0.2, -0.15) is 0 Å². The van der Waals surface area contributed by atoms with E-state index in [0.29, 0.717) is 18.4 Å². The molecule has 2 unspecified atom stereocenters. The minimum Gasteiger partial charge on any atom is -0.480 e. The van der Waals surface area contributed by atoms with Gasteiger partial charge in [-0.25, -0.2) is 4.79 Å². The lowest BCUT2D eigenvalue weighted by Gasteiger charge is -2.25. The maximum atomic E-state index is 12.5. The van der Waals surface area contributed by atoms with Crippen LogP contribution in [-0.4, -0.2) is 47.9 Å². The van der Waals surface area contributed by atoms with Gasteiger partial charge in [0.1, 0.15) is 12.1 Å². The Kier molecular flexibility index (Phi) is 15.3. The molecule has 0 heterocycles. The SMILES string of the molecule is CCCCCC(=O)Oc1ccc(C(CC(C)OC(=O)OCC(C)(C)C)[C@H](N)C(=O)O)cc1OC(=O)CCCCC. The standard InChI is InChI=1S/C30H47NO9/c1-7-9-11-13-25(32)39-23-16-15-21(18-24(23)40-26(33)14-12-10-8-2)22(27(31)28(34)35)17-20(3)38-29(36)37-19-30(4,5)6/h15-16,18,20,22,27H,7-14,17,19,31H2,1-6H3,(H,34,35)/t20?,22?,27-/m0/s1. The molecule has 0 aliphatic carbocycles. The van der Waals surface area contributed by atoms with Gasteiger partial charge in [0, 0.05) is 18.8 Å². The predicted molar refractivity (Wildman–Crippen MR) is 150 cm³/mol. The molecule has 3 N–H and O–H groups in total. The number of unbranched alkanes of at least 4 members (excludes halogenated alkanes) is 4. The number of benzene rings is 1. The molecule has 1 aromatic rings. The summed E-state index contributed by atoms with van der Waals surface area (Å²) in [7, 11) is 0. The lowest BCUT2D eigenvalue weighted by atomic mass is 9.87. The molecule has 0 bridgehead atoms. The molecule has 0 aromatic heterocycles. The van der Waals surface area contributed by atoms with Crippen LogP contribution in [0.3, 0.4) is 0 Å². The zero-order valence-corrected chi connectivity index (χ0v) is 24.8. The molecule has 1 aromatic carbocycles. The third-order valence-corrected chi connectivity index (χ3v) is 6.04. The van der Waals surface area contributed by atoms with E-state index in [1.54, 1.807) is 13.0 Å². The molecular weight excluding hydrogens is 518 g/mol. The largest absolute Gasteiger partial charge is 0.508 e. The van der Waals surface area contributed by atoms with Crippen LogP contribution in [0, 0.1) is 5.41 Å². The molecule has 10 nitrogen and oxygen atoms in total. The van der Waals surface area contributed by atoms with Crippen molar-refractivity contribution < 1.29 is 43.2 Å². The molecule has 0 aliphatic heterocycles. The Bertz CT molecular complexity index is 970. The highest BCUT2D eigenvalue weighted by molar-refractivity contribution is 5.77. The second-order valence-electron chi connectivity index (χ2n) is 11.3. The Balaban J connectivity index is 3.22. The van der Waals surface area contributed by atoms with Crippen molar-refractivity contribution in [3.63, 3.8) is 0 Å². The number of aliphatic carboxylic acids is 1. The maximum absolute atomic E-state index is 12.5. The van der Waals surface area contributed by atoms with Crippen LogP contribution in [0.2, 0.25) is 0 Å². The fourth-order valence-electron chi connectivity index (χ4n) is 3.85. The van der Waals surface area contributed by atoms with Gasteiger partial charge in [0.25, 0.3) is 0 Å². The van der Waals surface area contributed by atoms with E-state index in [-0.39, 0.29) is 42.8 Å². The molecular formula is C30H47NO9. The Morgan fingerprint density at radius 3 is 1.95 bits per heavy atom. The van der Waals surface area contributed by atoms with Crippen molar-refractivity contribution in [1.29, 1.82) is 0 Å². The first-order valence-electron chi connectivity index (χ1n) is 14.1. The Morgan fingerprint density at radius 2 is 1.45 bits per heavy atom. The van der Waals surface area contributed by atoms with Crippen molar-refractivity contribution in [2.24, 2.45) is 11.1 Å². The van der Waals surface area contributed by atoms with Gasteiger partial charge in [-0.3, -0.25) is 14.4 Å². The molecule has 10 heteroatoms. The number of carbonyl (C=O) groups excluding carboxylic acids is 3. The lowest BCUT2D eigenvalue weighted by molar-refractivity contribution is -0.139. The van der Waals surface area contributed by atoms with Crippen LogP contribution < -0.4 is 15.2 Å². The molecule has 0 radical (unpaired) electrons. The Morgan fingerprint density at radius 1 is 0.900 bits per heavy atom. The van der Waals surface area contributed by atoms with Gasteiger partial charge in [0.15, 0.2) is 11.5 Å². The average molecular weight is 566 g/mol. The number of carboxylic acids is 1. The van der Waals surface area contributed by atoms with E-state index < -0.39 is 42.1 Å². The second-order valence-corrected chi connectivity index (χ2v) is 11.3. The van der Waals surface area contributed by atoms with E-state index in [0.717, 1.165) is 25.7 Å². The minimum atomic E-state index is -1.35. The number of nitrogens with two attached hydrogens (primary N) is 1. The topological polar surface area (TPSA) is 151 Å². The highest BCUT2D eigenvalue weighted by atomic mass is 16.7. The number of hydrogen-bond donors (Lipinski definition) is 2. The van der Waals surface area contributed by atoms with Gasteiger partial charge in [0.05, 0.1) is 6.61 Å². The van der Waals surface area contributed by atoms with E-state index in [4.69, 9.17) is 24.7 Å². The second kappa shape index (κ2) is 17.5. The predicted octanol–water partition coefficient (Wildman–Crippen LogP) is 6.13. The van der Waals surface area contributed by atoms with Crippen molar-refractivity contribution in [2.45, 2.75) is 117 Å². The van der Waals surface area contributed by atoms with Gasteiger partial charge < -0.3 is 29.8 Å². The van der Waals surface area contributed by atoms with Crippen LogP contribution in [0.5, 0.6) is 11.5 Å². The van der Waals surface area contributed by atoms with E-state index >= 15 is 0 Å². The maximum Gasteiger partial charge on any atom is 0.508 e. The van der Waals surface area contributed by atoms with E-state index in [2.05, 4.69) is 0 Å². The summed E-state index contributed by atoms with van der Waals surface area (Å²) in [6.45, 7) is 11.5. The van der Waals surface area contributed by atoms with Gasteiger partial charge in [-0.15, -0.1) is 0 Å². The van der Waals surface area contributed by atoms with E-state index in [1.807, 2.05) is 34.6 Å². The first kappa shape index (κ1) is 34.9. The summed E-state index contributed by atoms with van der Waals surface area (Å²) in [5, 5.41) is 9.68. The van der Waals surface area contributed by atoms with Crippen LogP contribution in [0.25, 0.3) is 0 Å². The Labute approximate surface area is 237 Å². The van der Waals surface area contributed by atoms with Crippen LogP contribution in [0.15, 0.2) is 18.2 Å². The number of ether oxygens (including phenoxy) is 4. The molecule has 0 spiro atoms. The fraction of sp³-hybridized carbons (Fsp3) is 0.667. The van der Waals surface area contributed by atoms with Crippen molar-refractivity contribution >= 4 is 24.1 Å². The lowest BCUT2D eigenvalue weighted by Crippen LogP contribution is -2.38. The van der Waals surface area contributed by atoms with Gasteiger partial charge >= 0.3 is 24.1 Å². The van der Waals surface area contributed by atoms with E-state index in [1.165, 1.54) is 12.1 Å². The van der Waals surface area contributed by atoms with Crippen molar-refractivity contribution in [3.8, 4) is 11.5 Å². The molecule has 0 saturated carbocycles. The smallest absolute Gasteiger partial charge is 0.480 e. The number of carbonyl (C=O) groups is 4. The van der Waals surface area contributed by atoms with Crippen LogP contribution in [0.1, 0.15) is 111 Å². The monoisotopic (exact) mass is 565 g/mol. The molecule has 3 atom stereocenters. The summed E-state index contributed by atoms with van der Waals surface area (Å²) in [4.78, 5) is 48.9. The third-order valence-electron chi connectivity index (χ3n) is 6.04. The quantitative estimate of drug-likeness (QED) is 0.128. The number of hydrogen-bond acceptors (Lipinski definition) is 9. The molecule has 1 rings (SSSR count). The van der Waals surface area contributed by atoms with Crippen LogP contribution in [-0.2, 0) is 23.9 Å². The summed E-state index contributed by atoms with van der Waals surface area (Å²) in [6, 6.07) is 3.14. The molecule has 226 valence electrons. The summed E-state index contributed by atoms with van der Waals surface area (Å²) < 4.78 is 21.6. The zero-order valence-electron chi connectivity index (χ0n) is 24.8. The number of carboxylic acid groups (broad SMARTS) is 1. The molecule has 0 fully saturated rings. The number of esters is 2. The van der Waals surface area contributed by atoms with Gasteiger partial charge in [-0.05, 0) is 49.3 Å². The van der Waals surface area contributed by atoms with Gasteiger partial charge in [0.2, 0.25) is 0 Å². The molecule has 0 saturated heterocycles. The Hall–Kier alpha value is -3.14. The zero-order chi connectivity index (χ0) is 30.3. The van der Waals surface area contributed by atoms with Crippen molar-refractivity contribution in [2.75, 3.05) is 6.61 Å². The first-order valence-corrected chi connectivity index (χ1v) is 14.1. The summed E-state index contributed by atoms with van der Waals surface area (Å²) in [6.07, 6.45) is 3.79. The molecule has 0 amide bonds. The summed E-state index contributed by atoms with van der Waals surface area (Å²) in [5.74, 6) is -2.97. The highest BCUT2D eigenvalue weighted by Gasteiger charge is 2.30. The highest BCUT2D eigenvalue weighted by Crippen LogP contribution is 2.35. The molecule has 0 aliphatic rings. The van der Waals surface area contributed by atoms with Crippen molar-refractivity contribution in [3.05, 3.63) is 23.8 Å². The summed E-state index contributed by atoms with van der Waals surface area (Å²) in [5.41, 5.74) is 6.22. The van der Waals surface area contributed by atoms with Crippen LogP contribution >= 0.6 is 0 Å². The first-order chi connectivity index (χ1) is 18.8. The van der Waals surface area contributed by atoms with E-state index in [9.17, 15) is 24.3 Å². The average Bonchev–Trinajstić information content (AvgIpc) is 2.86. The van der Waals surface area contributed by atoms with Gasteiger partial charge in [-0.1, -0.05) is 66.4 Å². The normalized spacial score (nSPS) is 13.6. The van der Waals surface area contributed by atoms with Crippen molar-refractivity contribution in [1.82, 2.24) is 0 Å². The summed E-state index contributed by atoms with van der Waals surface area (Å²) >= 11 is 0. The number of rotatable bonds is 17. The minimum absolute atomic E-state index is 0.00332. The third kappa shape index (κ3) is 13.8.